The van der Waals surface area contributed by atoms with Gasteiger partial charge in [-0.25, -0.2) is 4.39 Å². The summed E-state index contributed by atoms with van der Waals surface area (Å²) in [5, 5.41) is 2.79. The number of nitrogens with one attached hydrogen (secondary N) is 1. The molecule has 0 radical (unpaired) electrons. The summed E-state index contributed by atoms with van der Waals surface area (Å²) in [6.07, 6.45) is 0. The fourth-order valence-corrected chi connectivity index (χ4v) is 2.48. The van der Waals surface area contributed by atoms with Crippen molar-refractivity contribution in [2.45, 2.75) is 0 Å². The van der Waals surface area contributed by atoms with Crippen LogP contribution in [0.1, 0.15) is 10.4 Å². The van der Waals surface area contributed by atoms with E-state index < -0.39 is 0 Å². The van der Waals surface area contributed by atoms with E-state index in [1.165, 1.54) is 18.2 Å². The Balaban J connectivity index is 2.25. The number of rotatable bonds is 2. The fraction of sp³-hybridized carbons (Fsp3) is 0. The maximum absolute atomic E-state index is 12.9. The van der Waals surface area contributed by atoms with Gasteiger partial charge in [-0.15, -0.1) is 0 Å². The Hall–Kier alpha value is -0.950. The molecule has 0 unspecified atom stereocenters. The van der Waals surface area contributed by atoms with Crippen LogP contribution in [0, 0.1) is 9.39 Å². The molecule has 5 heteroatoms. The summed E-state index contributed by atoms with van der Waals surface area (Å²) in [6.45, 7) is 0. The van der Waals surface area contributed by atoms with E-state index in [0.717, 1.165) is 9.26 Å². The van der Waals surface area contributed by atoms with Crippen LogP contribution < -0.4 is 5.32 Å². The summed E-state index contributed by atoms with van der Waals surface area (Å²) in [4.78, 5) is 12.0. The van der Waals surface area contributed by atoms with Crippen molar-refractivity contribution in [3.05, 3.63) is 61.9 Å². The smallest absolute Gasteiger partial charge is 0.256 e. The Labute approximate surface area is 126 Å². The van der Waals surface area contributed by atoms with E-state index in [1.807, 2.05) is 24.3 Å². The maximum Gasteiger partial charge on any atom is 0.256 e. The second-order valence-corrected chi connectivity index (χ2v) is 5.57. The lowest BCUT2D eigenvalue weighted by molar-refractivity contribution is 0.102. The van der Waals surface area contributed by atoms with Crippen LogP contribution in [0.5, 0.6) is 0 Å². The third-order valence-corrected chi connectivity index (χ3v) is 3.89. The van der Waals surface area contributed by atoms with Crippen LogP contribution in [0.4, 0.5) is 10.1 Å². The van der Waals surface area contributed by atoms with E-state index in [0.29, 0.717) is 10.0 Å². The Morgan fingerprint density at radius 2 is 1.94 bits per heavy atom. The summed E-state index contributed by atoms with van der Waals surface area (Å²) >= 11 is 5.32. The molecule has 0 saturated heterocycles. The molecule has 2 rings (SSSR count). The van der Waals surface area contributed by atoms with Gasteiger partial charge in [0.1, 0.15) is 5.82 Å². The molecule has 0 bridgehead atoms. The normalized spacial score (nSPS) is 10.2. The lowest BCUT2D eigenvalue weighted by Crippen LogP contribution is -2.13. The lowest BCUT2D eigenvalue weighted by atomic mass is 10.2. The van der Waals surface area contributed by atoms with Gasteiger partial charge in [-0.2, -0.15) is 0 Å². The van der Waals surface area contributed by atoms with E-state index in [9.17, 15) is 9.18 Å². The standard InChI is InChI=1S/C13H8BrFINO/c14-10-7-8(15)5-6-9(10)13(18)17-12-4-2-1-3-11(12)16/h1-7H,(H,17,18). The SMILES string of the molecule is O=C(Nc1ccccc1I)c1ccc(F)cc1Br. The number of hydrogen-bond donors (Lipinski definition) is 1. The minimum absolute atomic E-state index is 0.272. The van der Waals surface area contributed by atoms with E-state index in [4.69, 9.17) is 0 Å². The molecule has 0 heterocycles. The quantitative estimate of drug-likeness (QED) is 0.716. The summed E-state index contributed by atoms with van der Waals surface area (Å²) < 4.78 is 14.3. The number of carbonyl (C=O) groups is 1. The molecule has 18 heavy (non-hydrogen) atoms. The van der Waals surface area contributed by atoms with Gasteiger partial charge in [0.15, 0.2) is 0 Å². The van der Waals surface area contributed by atoms with Gasteiger partial charge in [0.05, 0.1) is 11.3 Å². The number of anilines is 1. The van der Waals surface area contributed by atoms with Crippen molar-refractivity contribution >= 4 is 50.1 Å². The Morgan fingerprint density at radius 1 is 1.22 bits per heavy atom. The molecule has 0 aliphatic rings. The fourth-order valence-electron chi connectivity index (χ4n) is 1.43. The molecule has 1 amide bonds. The van der Waals surface area contributed by atoms with Gasteiger partial charge in [0, 0.05) is 8.04 Å². The average Bonchev–Trinajstić information content (AvgIpc) is 2.32. The highest BCUT2D eigenvalue weighted by molar-refractivity contribution is 14.1. The average molecular weight is 420 g/mol. The van der Waals surface area contributed by atoms with Crippen molar-refractivity contribution in [2.75, 3.05) is 5.32 Å². The molecule has 2 nitrogen and oxygen atoms in total. The number of benzene rings is 2. The van der Waals surface area contributed by atoms with Crippen molar-refractivity contribution in [1.82, 2.24) is 0 Å². The van der Waals surface area contributed by atoms with Crippen molar-refractivity contribution in [3.63, 3.8) is 0 Å². The van der Waals surface area contributed by atoms with Gasteiger partial charge in [-0.1, -0.05) is 12.1 Å². The van der Waals surface area contributed by atoms with Crippen LogP contribution in [0.15, 0.2) is 46.9 Å². The summed E-state index contributed by atoms with van der Waals surface area (Å²) in [7, 11) is 0. The zero-order valence-corrected chi connectivity index (χ0v) is 12.8. The molecular weight excluding hydrogens is 412 g/mol. The first kappa shape index (κ1) is 13.5. The van der Waals surface area contributed by atoms with Gasteiger partial charge < -0.3 is 5.32 Å². The number of hydrogen-bond acceptors (Lipinski definition) is 1. The van der Waals surface area contributed by atoms with Gasteiger partial charge in [-0.05, 0) is 68.9 Å². The largest absolute Gasteiger partial charge is 0.321 e. The van der Waals surface area contributed by atoms with E-state index >= 15 is 0 Å². The first-order chi connectivity index (χ1) is 8.58. The molecule has 0 fully saturated rings. The number of para-hydroxylation sites is 1. The monoisotopic (exact) mass is 419 g/mol. The van der Waals surface area contributed by atoms with Crippen LogP contribution in [-0.2, 0) is 0 Å². The topological polar surface area (TPSA) is 29.1 Å². The van der Waals surface area contributed by atoms with Crippen molar-refractivity contribution in [2.24, 2.45) is 0 Å². The number of halogens is 3. The van der Waals surface area contributed by atoms with Crippen LogP contribution in [0.2, 0.25) is 0 Å². The van der Waals surface area contributed by atoms with E-state index in [2.05, 4.69) is 43.8 Å². The Bertz CT molecular complexity index is 603. The number of amides is 1. The Kier molecular flexibility index (Phi) is 4.34. The van der Waals surface area contributed by atoms with E-state index in [-0.39, 0.29) is 11.7 Å². The summed E-state index contributed by atoms with van der Waals surface area (Å²) in [6, 6.07) is 11.4. The van der Waals surface area contributed by atoms with Crippen LogP contribution in [0.3, 0.4) is 0 Å². The molecule has 0 spiro atoms. The molecule has 0 aromatic heterocycles. The molecule has 0 atom stereocenters. The molecular formula is C13H8BrFINO. The highest BCUT2D eigenvalue weighted by atomic mass is 127. The van der Waals surface area contributed by atoms with Gasteiger partial charge in [-0.3, -0.25) is 4.79 Å². The van der Waals surface area contributed by atoms with Crippen molar-refractivity contribution in [1.29, 1.82) is 0 Å². The second-order valence-electron chi connectivity index (χ2n) is 3.56. The first-order valence-electron chi connectivity index (χ1n) is 5.09. The maximum atomic E-state index is 12.9. The molecule has 2 aromatic rings. The van der Waals surface area contributed by atoms with Crippen molar-refractivity contribution < 1.29 is 9.18 Å². The molecule has 92 valence electrons. The predicted octanol–water partition coefficient (Wildman–Crippen LogP) is 4.45. The summed E-state index contributed by atoms with van der Waals surface area (Å²) in [5.74, 6) is -0.654. The van der Waals surface area contributed by atoms with Crippen LogP contribution >= 0.6 is 38.5 Å². The Morgan fingerprint density at radius 3 is 2.61 bits per heavy atom. The summed E-state index contributed by atoms with van der Waals surface area (Å²) in [5.41, 5.74) is 1.13. The molecule has 0 aliphatic heterocycles. The third kappa shape index (κ3) is 3.08. The molecule has 0 saturated carbocycles. The molecule has 0 aliphatic carbocycles. The molecule has 1 N–H and O–H groups in total. The highest BCUT2D eigenvalue weighted by Crippen LogP contribution is 2.21. The van der Waals surface area contributed by atoms with Crippen LogP contribution in [0.25, 0.3) is 0 Å². The van der Waals surface area contributed by atoms with Gasteiger partial charge >= 0.3 is 0 Å². The van der Waals surface area contributed by atoms with Crippen LogP contribution in [-0.4, -0.2) is 5.91 Å². The van der Waals surface area contributed by atoms with Crippen molar-refractivity contribution in [3.8, 4) is 0 Å². The minimum Gasteiger partial charge on any atom is -0.321 e. The van der Waals surface area contributed by atoms with Gasteiger partial charge in [0.2, 0.25) is 0 Å². The van der Waals surface area contributed by atoms with Gasteiger partial charge in [0.25, 0.3) is 5.91 Å². The first-order valence-corrected chi connectivity index (χ1v) is 6.96. The highest BCUT2D eigenvalue weighted by Gasteiger charge is 2.11. The lowest BCUT2D eigenvalue weighted by Gasteiger charge is -2.08. The zero-order valence-electron chi connectivity index (χ0n) is 9.08. The minimum atomic E-state index is -0.382. The predicted molar refractivity (Wildman–Crippen MR) is 81.2 cm³/mol. The zero-order chi connectivity index (χ0) is 13.1. The molecule has 2 aromatic carbocycles. The number of carbonyl (C=O) groups excluding carboxylic acids is 1. The van der Waals surface area contributed by atoms with E-state index in [1.54, 1.807) is 0 Å². The third-order valence-electron chi connectivity index (χ3n) is 2.30. The second kappa shape index (κ2) is 5.79.